The van der Waals surface area contributed by atoms with Crippen LogP contribution in [0, 0.1) is 5.92 Å². The molecule has 3 nitrogen and oxygen atoms in total. The van der Waals surface area contributed by atoms with Crippen molar-refractivity contribution in [1.82, 2.24) is 0 Å². The first kappa shape index (κ1) is 11.0. The predicted molar refractivity (Wildman–Crippen MR) is 63.9 cm³/mol. The molecule has 0 bridgehead atoms. The second-order valence-electron chi connectivity index (χ2n) is 4.39. The van der Waals surface area contributed by atoms with E-state index in [1.54, 1.807) is 7.11 Å². The number of anilines is 1. The number of methoxy groups -OCH3 is 1. The first-order valence-corrected chi connectivity index (χ1v) is 5.61. The van der Waals surface area contributed by atoms with Gasteiger partial charge in [-0.2, -0.15) is 0 Å². The molecule has 0 atom stereocenters. The minimum Gasteiger partial charge on any atom is -0.497 e. The Bertz CT molecular complexity index is 412. The van der Waals surface area contributed by atoms with Crippen LogP contribution in [0.3, 0.4) is 0 Å². The SMILES string of the molecule is COc1ccc2c(c1)CCN2C(=O)C(C)C. The van der Waals surface area contributed by atoms with E-state index in [0.29, 0.717) is 0 Å². The van der Waals surface area contributed by atoms with Gasteiger partial charge in [0.25, 0.3) is 0 Å². The van der Waals surface area contributed by atoms with Crippen molar-refractivity contribution in [3.63, 3.8) is 0 Å². The lowest BCUT2D eigenvalue weighted by Crippen LogP contribution is -2.32. The fraction of sp³-hybridized carbons (Fsp3) is 0.462. The zero-order valence-corrected chi connectivity index (χ0v) is 9.99. The highest BCUT2D eigenvalue weighted by molar-refractivity contribution is 5.96. The zero-order valence-electron chi connectivity index (χ0n) is 9.99. The van der Waals surface area contributed by atoms with E-state index in [2.05, 4.69) is 0 Å². The lowest BCUT2D eigenvalue weighted by Gasteiger charge is -2.19. The Morgan fingerprint density at radius 3 is 2.81 bits per heavy atom. The maximum Gasteiger partial charge on any atom is 0.229 e. The number of hydrogen-bond acceptors (Lipinski definition) is 2. The maximum absolute atomic E-state index is 12.0. The van der Waals surface area contributed by atoms with Crippen molar-refractivity contribution in [1.29, 1.82) is 0 Å². The summed E-state index contributed by atoms with van der Waals surface area (Å²) in [6.07, 6.45) is 0.922. The van der Waals surface area contributed by atoms with Crippen LogP contribution in [-0.2, 0) is 11.2 Å². The molecule has 0 aromatic heterocycles. The molecule has 0 fully saturated rings. The van der Waals surface area contributed by atoms with Gasteiger partial charge in [0, 0.05) is 18.2 Å². The highest BCUT2D eigenvalue weighted by Gasteiger charge is 2.26. The number of ether oxygens (including phenoxy) is 1. The predicted octanol–water partition coefficient (Wildman–Crippen LogP) is 2.24. The molecule has 0 N–H and O–H groups in total. The van der Waals surface area contributed by atoms with E-state index in [-0.39, 0.29) is 11.8 Å². The van der Waals surface area contributed by atoms with Gasteiger partial charge in [-0.1, -0.05) is 13.8 Å². The zero-order chi connectivity index (χ0) is 11.7. The van der Waals surface area contributed by atoms with Crippen LogP contribution in [-0.4, -0.2) is 19.6 Å². The van der Waals surface area contributed by atoms with Crippen LogP contribution in [0.5, 0.6) is 5.75 Å². The third kappa shape index (κ3) is 1.77. The van der Waals surface area contributed by atoms with Crippen LogP contribution in [0.4, 0.5) is 5.69 Å². The Kier molecular flexibility index (Phi) is 2.86. The summed E-state index contributed by atoms with van der Waals surface area (Å²) in [4.78, 5) is 13.8. The molecule has 0 saturated carbocycles. The lowest BCUT2D eigenvalue weighted by atomic mass is 10.1. The average molecular weight is 219 g/mol. The summed E-state index contributed by atoms with van der Waals surface area (Å²) in [7, 11) is 1.66. The Morgan fingerprint density at radius 2 is 2.19 bits per heavy atom. The van der Waals surface area contributed by atoms with E-state index >= 15 is 0 Å². The van der Waals surface area contributed by atoms with Gasteiger partial charge in [0.05, 0.1) is 7.11 Å². The molecule has 2 rings (SSSR count). The second kappa shape index (κ2) is 4.16. The van der Waals surface area contributed by atoms with Crippen molar-refractivity contribution in [2.24, 2.45) is 5.92 Å². The van der Waals surface area contributed by atoms with Gasteiger partial charge in [-0.25, -0.2) is 0 Å². The molecule has 1 amide bonds. The number of fused-ring (bicyclic) bond motifs is 1. The summed E-state index contributed by atoms with van der Waals surface area (Å²) >= 11 is 0. The number of benzene rings is 1. The van der Waals surface area contributed by atoms with E-state index in [4.69, 9.17) is 4.74 Å². The van der Waals surface area contributed by atoms with E-state index in [9.17, 15) is 4.79 Å². The molecule has 0 aliphatic carbocycles. The smallest absolute Gasteiger partial charge is 0.229 e. The van der Waals surface area contributed by atoms with Crippen LogP contribution in [0.25, 0.3) is 0 Å². The molecule has 1 aromatic rings. The molecular weight excluding hydrogens is 202 g/mol. The normalized spacial score (nSPS) is 14.1. The molecule has 1 heterocycles. The number of rotatable bonds is 2. The van der Waals surface area contributed by atoms with Gasteiger partial charge < -0.3 is 9.64 Å². The molecule has 0 radical (unpaired) electrons. The monoisotopic (exact) mass is 219 g/mol. The minimum absolute atomic E-state index is 0.0491. The van der Waals surface area contributed by atoms with Crippen molar-refractivity contribution >= 4 is 11.6 Å². The molecule has 1 aromatic carbocycles. The molecule has 16 heavy (non-hydrogen) atoms. The minimum atomic E-state index is 0.0491. The van der Waals surface area contributed by atoms with Crippen LogP contribution >= 0.6 is 0 Å². The van der Waals surface area contributed by atoms with Crippen molar-refractivity contribution < 1.29 is 9.53 Å². The van der Waals surface area contributed by atoms with Gasteiger partial charge in [0.2, 0.25) is 5.91 Å². The molecule has 0 saturated heterocycles. The largest absolute Gasteiger partial charge is 0.497 e. The summed E-state index contributed by atoms with van der Waals surface area (Å²) in [5.74, 6) is 1.11. The Balaban J connectivity index is 2.30. The van der Waals surface area contributed by atoms with Gasteiger partial charge in [0.1, 0.15) is 5.75 Å². The first-order chi connectivity index (χ1) is 7.63. The number of carbonyl (C=O) groups is 1. The molecule has 0 unspecified atom stereocenters. The van der Waals surface area contributed by atoms with E-state index in [0.717, 1.165) is 24.4 Å². The van der Waals surface area contributed by atoms with Gasteiger partial charge in [-0.3, -0.25) is 4.79 Å². The fourth-order valence-corrected chi connectivity index (χ4v) is 2.05. The number of carbonyl (C=O) groups excluding carboxylic acids is 1. The topological polar surface area (TPSA) is 29.5 Å². The summed E-state index contributed by atoms with van der Waals surface area (Å²) in [5, 5.41) is 0. The Hall–Kier alpha value is -1.51. The van der Waals surface area contributed by atoms with Crippen molar-refractivity contribution in [3.05, 3.63) is 23.8 Å². The highest BCUT2D eigenvalue weighted by Crippen LogP contribution is 2.32. The Morgan fingerprint density at radius 1 is 1.44 bits per heavy atom. The molecule has 0 spiro atoms. The van der Waals surface area contributed by atoms with E-state index in [1.807, 2.05) is 36.9 Å². The van der Waals surface area contributed by atoms with Gasteiger partial charge in [-0.15, -0.1) is 0 Å². The number of hydrogen-bond donors (Lipinski definition) is 0. The molecule has 1 aliphatic rings. The third-order valence-electron chi connectivity index (χ3n) is 2.94. The van der Waals surface area contributed by atoms with Crippen LogP contribution in [0.15, 0.2) is 18.2 Å². The maximum atomic E-state index is 12.0. The van der Waals surface area contributed by atoms with Crippen molar-refractivity contribution in [2.75, 3.05) is 18.6 Å². The van der Waals surface area contributed by atoms with Crippen molar-refractivity contribution in [2.45, 2.75) is 20.3 Å². The van der Waals surface area contributed by atoms with Crippen LogP contribution < -0.4 is 9.64 Å². The summed E-state index contributed by atoms with van der Waals surface area (Å²) in [6, 6.07) is 5.90. The standard InChI is InChI=1S/C13H17NO2/c1-9(2)13(15)14-7-6-10-8-11(16-3)4-5-12(10)14/h4-5,8-9H,6-7H2,1-3H3. The van der Waals surface area contributed by atoms with E-state index in [1.165, 1.54) is 5.56 Å². The first-order valence-electron chi connectivity index (χ1n) is 5.61. The quantitative estimate of drug-likeness (QED) is 0.763. The highest BCUT2D eigenvalue weighted by atomic mass is 16.5. The van der Waals surface area contributed by atoms with Gasteiger partial charge in [-0.05, 0) is 30.2 Å². The fourth-order valence-electron chi connectivity index (χ4n) is 2.05. The summed E-state index contributed by atoms with van der Waals surface area (Å²) in [6.45, 7) is 4.66. The molecule has 1 aliphatic heterocycles. The van der Waals surface area contributed by atoms with Crippen molar-refractivity contribution in [3.8, 4) is 5.75 Å². The third-order valence-corrected chi connectivity index (χ3v) is 2.94. The average Bonchev–Trinajstić information content (AvgIpc) is 2.70. The molecule has 86 valence electrons. The second-order valence-corrected chi connectivity index (χ2v) is 4.39. The summed E-state index contributed by atoms with van der Waals surface area (Å²) < 4.78 is 5.18. The van der Waals surface area contributed by atoms with Crippen LogP contribution in [0.1, 0.15) is 19.4 Å². The van der Waals surface area contributed by atoms with Gasteiger partial charge >= 0.3 is 0 Å². The summed E-state index contributed by atoms with van der Waals surface area (Å²) in [5.41, 5.74) is 2.24. The van der Waals surface area contributed by atoms with Crippen LogP contribution in [0.2, 0.25) is 0 Å². The molecular formula is C13H17NO2. The van der Waals surface area contributed by atoms with Gasteiger partial charge in [0.15, 0.2) is 0 Å². The molecule has 3 heteroatoms. The number of amides is 1. The number of nitrogens with zero attached hydrogens (tertiary/aromatic N) is 1. The van der Waals surface area contributed by atoms with E-state index < -0.39 is 0 Å². The lowest BCUT2D eigenvalue weighted by molar-refractivity contribution is -0.121. The Labute approximate surface area is 96.0 Å².